The lowest BCUT2D eigenvalue weighted by Crippen LogP contribution is -2.26. The van der Waals surface area contributed by atoms with Gasteiger partial charge in [0.05, 0.1) is 12.7 Å². The molecule has 14 heteroatoms. The van der Waals surface area contributed by atoms with Crippen LogP contribution in [-0.4, -0.2) is 72.3 Å². The second-order valence-corrected chi connectivity index (χ2v) is 17.4. The number of carbonyl (C=O) groups excluding carboxylic acids is 6. The van der Waals surface area contributed by atoms with Crippen LogP contribution in [-0.2, 0) is 42.4 Å². The molecule has 0 spiro atoms. The summed E-state index contributed by atoms with van der Waals surface area (Å²) in [6, 6.07) is 0. The first-order valence-corrected chi connectivity index (χ1v) is 22.0. The van der Waals surface area contributed by atoms with Gasteiger partial charge in [0.1, 0.15) is 17.3 Å². The highest BCUT2D eigenvalue weighted by molar-refractivity contribution is 7.47. The summed E-state index contributed by atoms with van der Waals surface area (Å²) < 4.78 is 20.8. The second-order valence-electron chi connectivity index (χ2n) is 16.0. The van der Waals surface area contributed by atoms with E-state index >= 15 is 0 Å². The standard InChI is InChI=1S/C14H28NO6P.C14H27NO2.C13H25NO2/c1-11(2)13(16)7-5-6-8-14(17)15-9-10-20-22(18,19)21-12(3)4;1-11(2)9-10-15-14(17)8-6-5-7-13(16)12(3)4;1-10(2)8-9-14-13(16)7-5-6-12(15)11(3)4/h11-12H,5-10H2,1-4H3,(H,15,17)(H,18,19);11-12H,5-10H2,1-4H3,(H,15,17);10-11H,5-9H2,1-4H3,(H,14,16). The van der Waals surface area contributed by atoms with E-state index in [1.165, 1.54) is 0 Å². The molecule has 13 nitrogen and oxygen atoms in total. The van der Waals surface area contributed by atoms with Crippen LogP contribution in [0.1, 0.15) is 167 Å². The molecule has 0 aromatic rings. The van der Waals surface area contributed by atoms with Gasteiger partial charge in [0.2, 0.25) is 17.7 Å². The molecule has 0 aliphatic rings. The number of phosphoric ester groups is 1. The highest BCUT2D eigenvalue weighted by Gasteiger charge is 2.22. The van der Waals surface area contributed by atoms with E-state index in [1.807, 2.05) is 41.5 Å². The van der Waals surface area contributed by atoms with Crippen molar-refractivity contribution in [3.8, 4) is 0 Å². The Morgan fingerprint density at radius 3 is 1.13 bits per heavy atom. The van der Waals surface area contributed by atoms with Crippen LogP contribution in [0.4, 0.5) is 0 Å². The van der Waals surface area contributed by atoms with Gasteiger partial charge >= 0.3 is 7.82 Å². The smallest absolute Gasteiger partial charge is 0.356 e. The third kappa shape index (κ3) is 42.5. The zero-order valence-electron chi connectivity index (χ0n) is 36.6. The van der Waals surface area contributed by atoms with E-state index in [4.69, 9.17) is 9.05 Å². The van der Waals surface area contributed by atoms with Crippen molar-refractivity contribution in [3.63, 3.8) is 0 Å². The van der Waals surface area contributed by atoms with Gasteiger partial charge in [0.15, 0.2) is 0 Å². The lowest BCUT2D eigenvalue weighted by molar-refractivity contribution is -0.123. The molecular formula is C41H80N3O10P. The van der Waals surface area contributed by atoms with E-state index in [1.54, 1.807) is 13.8 Å². The average Bonchev–Trinajstić information content (AvgIpc) is 3.06. The Labute approximate surface area is 334 Å². The quantitative estimate of drug-likeness (QED) is 0.0426. The van der Waals surface area contributed by atoms with Gasteiger partial charge in [-0.2, -0.15) is 0 Å². The number of hydrogen-bond donors (Lipinski definition) is 4. The van der Waals surface area contributed by atoms with Gasteiger partial charge in [-0.05, 0) is 70.6 Å². The number of carbonyl (C=O) groups is 6. The van der Waals surface area contributed by atoms with Gasteiger partial charge in [-0.25, -0.2) is 4.57 Å². The van der Waals surface area contributed by atoms with Crippen molar-refractivity contribution in [3.05, 3.63) is 0 Å². The van der Waals surface area contributed by atoms with Gasteiger partial charge in [-0.3, -0.25) is 37.8 Å². The predicted octanol–water partition coefficient (Wildman–Crippen LogP) is 7.91. The summed E-state index contributed by atoms with van der Waals surface area (Å²) in [6.45, 7) is 24.7. The summed E-state index contributed by atoms with van der Waals surface area (Å²) in [7, 11) is -4.04. The highest BCUT2D eigenvalue weighted by atomic mass is 31.2. The molecule has 0 saturated heterocycles. The molecule has 0 fully saturated rings. The lowest BCUT2D eigenvalue weighted by Gasteiger charge is -2.14. The normalized spacial score (nSPS) is 12.2. The Morgan fingerprint density at radius 2 is 0.800 bits per heavy atom. The number of unbranched alkanes of at least 4 members (excludes halogenated alkanes) is 2. The highest BCUT2D eigenvalue weighted by Crippen LogP contribution is 2.44. The molecule has 0 aliphatic heterocycles. The molecule has 0 saturated carbocycles. The molecule has 324 valence electrons. The minimum atomic E-state index is -4.04. The van der Waals surface area contributed by atoms with Gasteiger partial charge in [-0.15, -0.1) is 0 Å². The molecular weight excluding hydrogens is 725 g/mol. The second kappa shape index (κ2) is 34.8. The monoisotopic (exact) mass is 806 g/mol. The summed E-state index contributed by atoms with van der Waals surface area (Å²) in [5.41, 5.74) is 0. The van der Waals surface area contributed by atoms with E-state index in [-0.39, 0.29) is 60.2 Å². The van der Waals surface area contributed by atoms with Crippen molar-refractivity contribution in [1.82, 2.24) is 16.0 Å². The molecule has 0 aromatic heterocycles. The molecule has 0 heterocycles. The lowest BCUT2D eigenvalue weighted by atomic mass is 10.0. The van der Waals surface area contributed by atoms with E-state index in [9.17, 15) is 38.2 Å². The summed E-state index contributed by atoms with van der Waals surface area (Å²) in [6.07, 6.45) is 8.22. The number of rotatable bonds is 29. The molecule has 55 heavy (non-hydrogen) atoms. The van der Waals surface area contributed by atoms with Crippen molar-refractivity contribution in [2.24, 2.45) is 29.6 Å². The molecule has 4 N–H and O–H groups in total. The number of Topliss-reactive ketones (excluding diaryl/α,β-unsaturated/α-hetero) is 3. The largest absolute Gasteiger partial charge is 0.472 e. The minimum Gasteiger partial charge on any atom is -0.356 e. The topological polar surface area (TPSA) is 194 Å². The molecule has 0 aliphatic carbocycles. The number of ketones is 3. The Balaban J connectivity index is -0.000000750. The minimum absolute atomic E-state index is 0.0354. The van der Waals surface area contributed by atoms with Gasteiger partial charge in [-0.1, -0.05) is 69.2 Å². The van der Waals surface area contributed by atoms with Gasteiger partial charge < -0.3 is 20.8 Å². The van der Waals surface area contributed by atoms with Crippen molar-refractivity contribution in [1.29, 1.82) is 0 Å². The Bertz CT molecular complexity index is 1120. The zero-order valence-corrected chi connectivity index (χ0v) is 37.4. The van der Waals surface area contributed by atoms with Crippen molar-refractivity contribution >= 4 is 42.9 Å². The third-order valence-electron chi connectivity index (χ3n) is 8.02. The van der Waals surface area contributed by atoms with Crippen LogP contribution in [0.5, 0.6) is 0 Å². The predicted molar refractivity (Wildman–Crippen MR) is 220 cm³/mol. The van der Waals surface area contributed by atoms with Gasteiger partial charge in [0.25, 0.3) is 0 Å². The maximum atomic E-state index is 11.5. The molecule has 0 bridgehead atoms. The Morgan fingerprint density at radius 1 is 0.491 bits per heavy atom. The third-order valence-corrected chi connectivity index (χ3v) is 9.22. The first-order valence-electron chi connectivity index (χ1n) is 20.5. The fraction of sp³-hybridized carbons (Fsp3) is 0.854. The SMILES string of the molecule is CC(C)CCNC(=O)CCCC(=O)C(C)C.CC(C)CCNC(=O)CCCCC(=O)C(C)C.CC(C)OP(=O)(O)OCCNC(=O)CCCCC(=O)C(C)C. The number of hydrogen-bond acceptors (Lipinski definition) is 9. The molecule has 1 unspecified atom stereocenters. The summed E-state index contributed by atoms with van der Waals surface area (Å²) in [5, 5.41) is 8.35. The molecule has 3 amide bonds. The Hall–Kier alpha value is -2.47. The van der Waals surface area contributed by atoms with Crippen molar-refractivity contribution in [2.45, 2.75) is 173 Å². The summed E-state index contributed by atoms with van der Waals surface area (Å²) in [4.78, 5) is 77.6. The van der Waals surface area contributed by atoms with Crippen LogP contribution in [0.2, 0.25) is 0 Å². The Kier molecular flexibility index (Phi) is 35.9. The number of nitrogens with one attached hydrogen (secondary N) is 3. The van der Waals surface area contributed by atoms with Crippen LogP contribution in [0.3, 0.4) is 0 Å². The maximum absolute atomic E-state index is 11.5. The fourth-order valence-corrected chi connectivity index (χ4v) is 5.29. The first-order chi connectivity index (χ1) is 25.5. The van der Waals surface area contributed by atoms with E-state index in [0.29, 0.717) is 75.4 Å². The van der Waals surface area contributed by atoms with Crippen LogP contribution < -0.4 is 16.0 Å². The van der Waals surface area contributed by atoms with E-state index in [2.05, 4.69) is 43.6 Å². The van der Waals surface area contributed by atoms with Crippen molar-refractivity contribution < 1.29 is 47.3 Å². The molecule has 0 aromatic carbocycles. The van der Waals surface area contributed by atoms with Crippen LogP contribution >= 0.6 is 7.82 Å². The number of phosphoric acid groups is 1. The van der Waals surface area contributed by atoms with Gasteiger partial charge in [0, 0.05) is 75.9 Å². The number of amides is 3. The van der Waals surface area contributed by atoms with E-state index in [0.717, 1.165) is 38.8 Å². The first kappa shape index (κ1) is 56.9. The molecule has 0 radical (unpaired) electrons. The maximum Gasteiger partial charge on any atom is 0.472 e. The zero-order chi connectivity index (χ0) is 43.0. The summed E-state index contributed by atoms with van der Waals surface area (Å²) in [5.74, 6) is 2.24. The summed E-state index contributed by atoms with van der Waals surface area (Å²) >= 11 is 0. The molecule has 0 rings (SSSR count). The fourth-order valence-electron chi connectivity index (χ4n) is 4.37. The van der Waals surface area contributed by atoms with Crippen LogP contribution in [0.15, 0.2) is 0 Å². The van der Waals surface area contributed by atoms with Crippen LogP contribution in [0, 0.1) is 29.6 Å². The van der Waals surface area contributed by atoms with E-state index < -0.39 is 13.9 Å². The molecule has 1 atom stereocenters. The van der Waals surface area contributed by atoms with Crippen molar-refractivity contribution in [2.75, 3.05) is 26.2 Å². The van der Waals surface area contributed by atoms with Crippen LogP contribution in [0.25, 0.3) is 0 Å². The average molecular weight is 806 g/mol.